The van der Waals surface area contributed by atoms with Crippen LogP contribution in [0.3, 0.4) is 0 Å². The number of fused-ring (bicyclic) bond motifs is 2. The number of hydrogen-bond donors (Lipinski definition) is 0. The molecule has 9 aromatic rings. The third-order valence-electron chi connectivity index (χ3n) is 9.89. The summed E-state index contributed by atoms with van der Waals surface area (Å²) >= 11 is 0. The summed E-state index contributed by atoms with van der Waals surface area (Å²) in [7, 11) is 0. The molecule has 0 radical (unpaired) electrons. The maximum Gasteiger partial charge on any atom is -0.00261 e. The molecule has 9 aromatic carbocycles. The molecule has 0 aliphatic rings. The van der Waals surface area contributed by atoms with Gasteiger partial charge >= 0.3 is 0 Å². The van der Waals surface area contributed by atoms with Gasteiger partial charge in [0.05, 0.1) is 0 Å². The Morgan fingerprint density at radius 1 is 0.180 bits per heavy atom. The lowest BCUT2D eigenvalue weighted by Gasteiger charge is -2.19. The zero-order valence-electron chi connectivity index (χ0n) is 27.6. The van der Waals surface area contributed by atoms with Gasteiger partial charge in [-0.2, -0.15) is 0 Å². The molecule has 0 nitrogen and oxygen atoms in total. The van der Waals surface area contributed by atoms with E-state index in [1.807, 2.05) is 0 Å². The first-order chi connectivity index (χ1) is 24.8. The third kappa shape index (κ3) is 5.38. The summed E-state index contributed by atoms with van der Waals surface area (Å²) in [5.41, 5.74) is 14.7. The van der Waals surface area contributed by atoms with Crippen LogP contribution in [0.2, 0.25) is 0 Å². The van der Waals surface area contributed by atoms with E-state index in [2.05, 4.69) is 206 Å². The molecule has 0 saturated carbocycles. The fraction of sp³-hybridized carbons (Fsp3) is 0. The molecule has 0 amide bonds. The van der Waals surface area contributed by atoms with Gasteiger partial charge in [-0.1, -0.05) is 194 Å². The van der Waals surface area contributed by atoms with E-state index in [-0.39, 0.29) is 0 Å². The predicted molar refractivity (Wildman–Crippen MR) is 214 cm³/mol. The largest absolute Gasteiger partial charge is 0.0622 e. The van der Waals surface area contributed by atoms with Gasteiger partial charge in [0.1, 0.15) is 0 Å². The van der Waals surface area contributed by atoms with Crippen LogP contribution in [0.1, 0.15) is 0 Å². The molecule has 0 aliphatic carbocycles. The van der Waals surface area contributed by atoms with Crippen LogP contribution in [0.25, 0.3) is 88.3 Å². The molecule has 0 aromatic heterocycles. The van der Waals surface area contributed by atoms with Crippen molar-refractivity contribution in [3.63, 3.8) is 0 Å². The van der Waals surface area contributed by atoms with Crippen molar-refractivity contribution >= 4 is 21.5 Å². The average molecular weight is 635 g/mol. The zero-order chi connectivity index (χ0) is 33.3. The topological polar surface area (TPSA) is 0 Å². The lowest BCUT2D eigenvalue weighted by molar-refractivity contribution is 1.56. The molecule has 0 heteroatoms. The van der Waals surface area contributed by atoms with Crippen molar-refractivity contribution in [3.8, 4) is 66.8 Å². The highest BCUT2D eigenvalue weighted by Gasteiger charge is 2.18. The molecule has 0 aliphatic heterocycles. The van der Waals surface area contributed by atoms with E-state index in [4.69, 9.17) is 0 Å². The Labute approximate surface area is 293 Å². The highest BCUT2D eigenvalue weighted by atomic mass is 14.2. The second-order valence-corrected chi connectivity index (χ2v) is 12.9. The van der Waals surface area contributed by atoms with Crippen molar-refractivity contribution < 1.29 is 0 Å². The Bertz CT molecular complexity index is 2540. The molecule has 0 saturated heterocycles. The van der Waals surface area contributed by atoms with Gasteiger partial charge in [0.15, 0.2) is 0 Å². The van der Waals surface area contributed by atoms with Crippen molar-refractivity contribution in [1.82, 2.24) is 0 Å². The van der Waals surface area contributed by atoms with Gasteiger partial charge in [-0.3, -0.25) is 0 Å². The molecule has 0 N–H and O–H groups in total. The van der Waals surface area contributed by atoms with Crippen molar-refractivity contribution in [2.75, 3.05) is 0 Å². The summed E-state index contributed by atoms with van der Waals surface area (Å²) in [6, 6.07) is 74.9. The minimum Gasteiger partial charge on any atom is -0.0622 e. The fourth-order valence-electron chi connectivity index (χ4n) is 7.52. The van der Waals surface area contributed by atoms with E-state index in [0.29, 0.717) is 0 Å². The van der Waals surface area contributed by atoms with Crippen LogP contribution < -0.4 is 0 Å². The Hall–Kier alpha value is -6.50. The molecule has 9 rings (SSSR count). The van der Waals surface area contributed by atoms with Crippen molar-refractivity contribution in [3.05, 3.63) is 206 Å². The molecular formula is C50H34. The average Bonchev–Trinajstić information content (AvgIpc) is 3.21. The summed E-state index contributed by atoms with van der Waals surface area (Å²) in [6.07, 6.45) is 0. The van der Waals surface area contributed by atoms with Gasteiger partial charge in [0.2, 0.25) is 0 Å². The van der Waals surface area contributed by atoms with Gasteiger partial charge in [0.25, 0.3) is 0 Å². The van der Waals surface area contributed by atoms with Crippen LogP contribution in [-0.4, -0.2) is 0 Å². The zero-order valence-corrected chi connectivity index (χ0v) is 27.6. The SMILES string of the molecule is c1ccc(-c2ccc(-c3cc(-c4c5ccccc5c(-c5ccccc5)c5ccccc45)ccc3-c3cccc(-c4ccccc4)c3)cc2)cc1. The van der Waals surface area contributed by atoms with Crippen LogP contribution >= 0.6 is 0 Å². The first-order valence-corrected chi connectivity index (χ1v) is 17.3. The molecule has 0 bridgehead atoms. The number of hydrogen-bond acceptors (Lipinski definition) is 0. The van der Waals surface area contributed by atoms with Gasteiger partial charge in [-0.25, -0.2) is 0 Å². The van der Waals surface area contributed by atoms with Gasteiger partial charge in [0, 0.05) is 0 Å². The normalized spacial score (nSPS) is 11.2. The van der Waals surface area contributed by atoms with Crippen molar-refractivity contribution in [2.45, 2.75) is 0 Å². The maximum atomic E-state index is 2.42. The minimum absolute atomic E-state index is 1.20. The smallest absolute Gasteiger partial charge is 0.00261 e. The highest BCUT2D eigenvalue weighted by Crippen LogP contribution is 2.45. The number of rotatable bonds is 6. The lowest BCUT2D eigenvalue weighted by atomic mass is 9.84. The quantitative estimate of drug-likeness (QED) is 0.160. The molecule has 50 heavy (non-hydrogen) atoms. The van der Waals surface area contributed by atoms with Gasteiger partial charge in [-0.15, -0.1) is 0 Å². The van der Waals surface area contributed by atoms with Crippen LogP contribution in [0.15, 0.2) is 206 Å². The standard InChI is InChI=1S/C50H34/c1-4-15-35(16-5-1)37-27-29-38(30-28-37)48-34-42(31-32-43(48)41-22-14-21-40(33-41)36-17-6-2-7-18-36)50-46-25-12-10-23-44(46)49(39-19-8-3-9-20-39)45-24-11-13-26-47(45)50/h1-34H. The second kappa shape index (κ2) is 12.8. The van der Waals surface area contributed by atoms with Crippen LogP contribution in [0.5, 0.6) is 0 Å². The van der Waals surface area contributed by atoms with Gasteiger partial charge in [-0.05, 0) is 100 Å². The summed E-state index contributed by atoms with van der Waals surface area (Å²) < 4.78 is 0. The molecule has 0 heterocycles. The molecule has 0 fully saturated rings. The Balaban J connectivity index is 1.28. The van der Waals surface area contributed by atoms with E-state index in [0.717, 1.165) is 0 Å². The van der Waals surface area contributed by atoms with E-state index in [1.165, 1.54) is 88.3 Å². The van der Waals surface area contributed by atoms with Crippen LogP contribution in [0, 0.1) is 0 Å². The van der Waals surface area contributed by atoms with E-state index < -0.39 is 0 Å². The maximum absolute atomic E-state index is 2.42. The Morgan fingerprint density at radius 2 is 0.560 bits per heavy atom. The summed E-state index contributed by atoms with van der Waals surface area (Å²) in [4.78, 5) is 0. The van der Waals surface area contributed by atoms with Crippen LogP contribution in [0.4, 0.5) is 0 Å². The summed E-state index contributed by atoms with van der Waals surface area (Å²) in [5, 5.41) is 5.05. The molecular weight excluding hydrogens is 601 g/mol. The summed E-state index contributed by atoms with van der Waals surface area (Å²) in [6.45, 7) is 0. The minimum atomic E-state index is 1.20. The first kappa shape index (κ1) is 29.6. The van der Waals surface area contributed by atoms with E-state index >= 15 is 0 Å². The van der Waals surface area contributed by atoms with E-state index in [1.54, 1.807) is 0 Å². The Morgan fingerprint density at radius 3 is 1.12 bits per heavy atom. The Kier molecular flexibility index (Phi) is 7.61. The summed E-state index contributed by atoms with van der Waals surface area (Å²) in [5.74, 6) is 0. The highest BCUT2D eigenvalue weighted by molar-refractivity contribution is 6.21. The molecule has 0 atom stereocenters. The second-order valence-electron chi connectivity index (χ2n) is 12.9. The molecule has 0 spiro atoms. The predicted octanol–water partition coefficient (Wildman–Crippen LogP) is 14.0. The molecule has 234 valence electrons. The monoisotopic (exact) mass is 634 g/mol. The fourth-order valence-corrected chi connectivity index (χ4v) is 7.52. The van der Waals surface area contributed by atoms with Crippen molar-refractivity contribution in [2.24, 2.45) is 0 Å². The number of benzene rings is 9. The van der Waals surface area contributed by atoms with Crippen molar-refractivity contribution in [1.29, 1.82) is 0 Å². The van der Waals surface area contributed by atoms with E-state index in [9.17, 15) is 0 Å². The molecule has 0 unspecified atom stereocenters. The van der Waals surface area contributed by atoms with Crippen LogP contribution in [-0.2, 0) is 0 Å². The van der Waals surface area contributed by atoms with Gasteiger partial charge < -0.3 is 0 Å². The first-order valence-electron chi connectivity index (χ1n) is 17.3. The third-order valence-corrected chi connectivity index (χ3v) is 9.89. The lowest BCUT2D eigenvalue weighted by Crippen LogP contribution is -1.93.